The van der Waals surface area contributed by atoms with Crippen LogP contribution in [0.25, 0.3) is 119 Å². The summed E-state index contributed by atoms with van der Waals surface area (Å²) >= 11 is 3.53. The number of fused-ring (bicyclic) bond motifs is 9. The van der Waals surface area contributed by atoms with Crippen LogP contribution in [-0.2, 0) is 0 Å². The SMILES string of the molecule is C=C/C=C\C.c1ccc(-c2nc(-c3cccc4c3sc3ccccc34)nc(-c3cccc4sc5cc(-c6nc(-c7ccccc7)nc7c6oc6ccccc67)ccc5c34)n2)cc1. The van der Waals surface area contributed by atoms with Gasteiger partial charge < -0.3 is 4.42 Å². The maximum Gasteiger partial charge on any atom is 0.180 e. The molecule has 5 aromatic heterocycles. The van der Waals surface area contributed by atoms with Crippen molar-refractivity contribution in [3.05, 3.63) is 189 Å². The molecule has 0 bridgehead atoms. The monoisotopic (exact) mass is 833 g/mol. The highest BCUT2D eigenvalue weighted by atomic mass is 32.1. The topological polar surface area (TPSA) is 77.6 Å². The first-order valence-corrected chi connectivity index (χ1v) is 21.9. The molecule has 0 spiro atoms. The van der Waals surface area contributed by atoms with Gasteiger partial charge >= 0.3 is 0 Å². The number of rotatable bonds is 6. The lowest BCUT2D eigenvalue weighted by atomic mass is 10.0. The Hall–Kier alpha value is -7.65. The van der Waals surface area contributed by atoms with Gasteiger partial charge in [0, 0.05) is 73.5 Å². The number of benzene rings is 7. The predicted molar refractivity (Wildman–Crippen MR) is 261 cm³/mol. The van der Waals surface area contributed by atoms with Crippen LogP contribution in [0.5, 0.6) is 0 Å². The van der Waals surface area contributed by atoms with Crippen LogP contribution in [0, 0.1) is 0 Å². The Bertz CT molecular complexity index is 3680. The van der Waals surface area contributed by atoms with Crippen LogP contribution in [0.3, 0.4) is 0 Å². The molecule has 12 rings (SSSR count). The smallest absolute Gasteiger partial charge is 0.180 e. The molecule has 0 saturated carbocycles. The second-order valence-corrected chi connectivity index (χ2v) is 16.9. The third kappa shape index (κ3) is 6.53. The van der Waals surface area contributed by atoms with Gasteiger partial charge in [-0.05, 0) is 43.3 Å². The van der Waals surface area contributed by atoms with Crippen molar-refractivity contribution in [1.82, 2.24) is 24.9 Å². The van der Waals surface area contributed by atoms with E-state index in [1.807, 2.05) is 85.8 Å². The minimum atomic E-state index is 0.638. The van der Waals surface area contributed by atoms with Crippen LogP contribution in [0.1, 0.15) is 6.92 Å². The molecule has 0 aliphatic heterocycles. The fourth-order valence-corrected chi connectivity index (χ4v) is 10.4. The largest absolute Gasteiger partial charge is 0.452 e. The van der Waals surface area contributed by atoms with Gasteiger partial charge in [0.2, 0.25) is 0 Å². The van der Waals surface area contributed by atoms with Crippen molar-refractivity contribution in [3.63, 3.8) is 0 Å². The van der Waals surface area contributed by atoms with Gasteiger partial charge in [-0.3, -0.25) is 0 Å². The van der Waals surface area contributed by atoms with Gasteiger partial charge in [0.1, 0.15) is 16.8 Å². The van der Waals surface area contributed by atoms with Crippen LogP contribution in [-0.4, -0.2) is 24.9 Å². The molecule has 62 heavy (non-hydrogen) atoms. The van der Waals surface area contributed by atoms with Crippen molar-refractivity contribution in [2.45, 2.75) is 6.92 Å². The maximum absolute atomic E-state index is 6.47. The molecule has 6 nitrogen and oxygen atoms in total. The summed E-state index contributed by atoms with van der Waals surface area (Å²) < 4.78 is 11.2. The molecule has 0 radical (unpaired) electrons. The Kier molecular flexibility index (Phi) is 9.49. The summed E-state index contributed by atoms with van der Waals surface area (Å²) in [6.07, 6.45) is 5.58. The molecule has 12 aromatic rings. The van der Waals surface area contributed by atoms with E-state index in [9.17, 15) is 0 Å². The second-order valence-electron chi connectivity index (χ2n) is 14.7. The average Bonchev–Trinajstić information content (AvgIpc) is 4.03. The first-order valence-electron chi connectivity index (χ1n) is 20.3. The van der Waals surface area contributed by atoms with Gasteiger partial charge in [-0.2, -0.15) is 0 Å². The number of aromatic nitrogens is 5. The fraction of sp³-hybridized carbons (Fsp3) is 0.0185. The summed E-state index contributed by atoms with van der Waals surface area (Å²) in [5.41, 5.74) is 7.85. The molecule has 0 amide bonds. The van der Waals surface area contributed by atoms with Gasteiger partial charge in [-0.15, -0.1) is 22.7 Å². The minimum Gasteiger partial charge on any atom is -0.452 e. The van der Waals surface area contributed by atoms with Gasteiger partial charge in [-0.1, -0.05) is 152 Å². The first-order chi connectivity index (χ1) is 30.6. The minimum absolute atomic E-state index is 0.638. The van der Waals surface area contributed by atoms with E-state index in [1.54, 1.807) is 28.7 Å². The first kappa shape index (κ1) is 37.4. The summed E-state index contributed by atoms with van der Waals surface area (Å²) in [7, 11) is 0. The van der Waals surface area contributed by atoms with Gasteiger partial charge in [0.15, 0.2) is 28.9 Å². The lowest BCUT2D eigenvalue weighted by molar-refractivity contribution is 0.667. The fourth-order valence-electron chi connectivity index (χ4n) is 8.05. The normalized spacial score (nSPS) is 11.6. The summed E-state index contributed by atoms with van der Waals surface area (Å²) in [4.78, 5) is 25.8. The highest BCUT2D eigenvalue weighted by molar-refractivity contribution is 7.26. The Labute approximate surface area is 364 Å². The third-order valence-corrected chi connectivity index (χ3v) is 13.2. The lowest BCUT2D eigenvalue weighted by Crippen LogP contribution is -2.00. The zero-order valence-electron chi connectivity index (χ0n) is 33.5. The van der Waals surface area contributed by atoms with E-state index in [4.69, 9.17) is 29.3 Å². The van der Waals surface area contributed by atoms with Gasteiger partial charge in [0.05, 0.1) is 0 Å². The highest BCUT2D eigenvalue weighted by Gasteiger charge is 2.22. The number of para-hydroxylation sites is 1. The summed E-state index contributed by atoms with van der Waals surface area (Å²) in [5, 5.41) is 5.66. The van der Waals surface area contributed by atoms with E-state index < -0.39 is 0 Å². The summed E-state index contributed by atoms with van der Waals surface area (Å²) in [6.45, 7) is 5.42. The van der Waals surface area contributed by atoms with E-state index in [2.05, 4.69) is 104 Å². The Morgan fingerprint density at radius 1 is 0.484 bits per heavy atom. The molecule has 0 N–H and O–H groups in total. The predicted octanol–water partition coefficient (Wildman–Crippen LogP) is 15.4. The van der Waals surface area contributed by atoms with Gasteiger partial charge in [0.25, 0.3) is 0 Å². The van der Waals surface area contributed by atoms with Crippen molar-refractivity contribution in [1.29, 1.82) is 0 Å². The number of hydrogen-bond acceptors (Lipinski definition) is 8. The van der Waals surface area contributed by atoms with E-state index in [0.717, 1.165) is 70.2 Å². The Morgan fingerprint density at radius 3 is 1.87 bits per heavy atom. The molecule has 0 fully saturated rings. The number of allylic oxidation sites excluding steroid dienone is 3. The van der Waals surface area contributed by atoms with Crippen molar-refractivity contribution >= 4 is 85.1 Å². The molecule has 8 heteroatoms. The zero-order chi connectivity index (χ0) is 41.6. The van der Waals surface area contributed by atoms with Crippen LogP contribution >= 0.6 is 22.7 Å². The van der Waals surface area contributed by atoms with E-state index in [1.165, 1.54) is 20.2 Å². The van der Waals surface area contributed by atoms with Crippen LogP contribution in [0.4, 0.5) is 0 Å². The van der Waals surface area contributed by atoms with E-state index in [0.29, 0.717) is 28.9 Å². The second kappa shape index (κ2) is 15.7. The van der Waals surface area contributed by atoms with Gasteiger partial charge in [-0.25, -0.2) is 24.9 Å². The summed E-state index contributed by atoms with van der Waals surface area (Å²) in [6, 6.07) is 56.3. The highest BCUT2D eigenvalue weighted by Crippen LogP contribution is 2.44. The molecular formula is C54H35N5OS2. The third-order valence-electron chi connectivity index (χ3n) is 10.9. The standard InChI is InChI=1S/C49H27N5OS2.C5H8/c1-3-13-28(14-4-1)46-50-42(44-43(51-46)33-18-7-9-22-37(33)55-44)30-25-26-34-40(27-30)56-39-24-12-20-35(41(34)39)48-52-47(29-15-5-2-6-16-29)53-49(54-48)36-21-11-19-32-31-17-8-10-23-38(31)57-45(32)36;1-3-5-4-2/h1-27H;3-5H,1H2,2H3/b;5-4-. The molecule has 0 unspecified atom stereocenters. The molecule has 294 valence electrons. The molecular weight excluding hydrogens is 799 g/mol. The number of nitrogens with zero attached hydrogens (tertiary/aromatic N) is 5. The van der Waals surface area contributed by atoms with Crippen LogP contribution in [0.15, 0.2) is 193 Å². The molecule has 0 atom stereocenters. The van der Waals surface area contributed by atoms with Crippen molar-refractivity contribution < 1.29 is 4.42 Å². The molecule has 0 saturated heterocycles. The average molecular weight is 834 g/mol. The molecule has 0 aliphatic carbocycles. The Morgan fingerprint density at radius 2 is 1.11 bits per heavy atom. The Balaban J connectivity index is 0.000000820. The van der Waals surface area contributed by atoms with Crippen LogP contribution in [0.2, 0.25) is 0 Å². The number of furan rings is 1. The van der Waals surface area contributed by atoms with E-state index in [-0.39, 0.29) is 0 Å². The lowest BCUT2D eigenvalue weighted by Gasteiger charge is -2.10. The maximum atomic E-state index is 6.47. The van der Waals surface area contributed by atoms with E-state index >= 15 is 0 Å². The van der Waals surface area contributed by atoms with Crippen molar-refractivity contribution in [2.24, 2.45) is 0 Å². The van der Waals surface area contributed by atoms with Crippen molar-refractivity contribution in [3.8, 4) is 56.8 Å². The zero-order valence-corrected chi connectivity index (χ0v) is 35.1. The molecule has 0 aliphatic rings. The quantitative estimate of drug-likeness (QED) is 0.155. The van der Waals surface area contributed by atoms with Crippen LogP contribution < -0.4 is 0 Å². The van der Waals surface area contributed by atoms with Crippen molar-refractivity contribution in [2.75, 3.05) is 0 Å². The number of hydrogen-bond donors (Lipinski definition) is 0. The summed E-state index contributed by atoms with van der Waals surface area (Å²) in [5.74, 6) is 2.59. The number of thiophene rings is 2. The molecule has 5 heterocycles. The molecule has 7 aromatic carbocycles.